The Kier molecular flexibility index (Phi) is 4.13. The van der Waals surface area contributed by atoms with Crippen molar-refractivity contribution in [3.8, 4) is 0 Å². The average Bonchev–Trinajstić information content (AvgIpc) is 2.88. The minimum absolute atomic E-state index is 0.188. The number of carbonyl (C=O) groups excluding carboxylic acids is 1. The number of carbonyl (C=O) groups is 2. The van der Waals surface area contributed by atoms with Crippen molar-refractivity contribution in [2.75, 3.05) is 0 Å². The largest absolute Gasteiger partial charge is 0.479 e. The quantitative estimate of drug-likeness (QED) is 0.878. The molecule has 2 aromatic rings. The topological polar surface area (TPSA) is 77.8 Å². The van der Waals surface area contributed by atoms with E-state index in [1.165, 1.54) is 0 Å². The van der Waals surface area contributed by atoms with E-state index in [1.54, 1.807) is 62.4 Å². The van der Waals surface area contributed by atoms with Crippen LogP contribution in [0, 0.1) is 0 Å². The zero-order chi connectivity index (χ0) is 18.2. The van der Waals surface area contributed by atoms with Crippen LogP contribution in [0.2, 0.25) is 0 Å². The first-order valence-corrected chi connectivity index (χ1v) is 8.39. The van der Waals surface area contributed by atoms with Gasteiger partial charge in [-0.15, -0.1) is 0 Å². The maximum absolute atomic E-state index is 13.2. The van der Waals surface area contributed by atoms with Crippen LogP contribution >= 0.6 is 0 Å². The Morgan fingerprint density at radius 2 is 1.60 bits per heavy atom. The minimum atomic E-state index is -1.82. The Balaban J connectivity index is 2.34. The summed E-state index contributed by atoms with van der Waals surface area (Å²) >= 11 is 0. The molecule has 0 fully saturated rings. The van der Waals surface area contributed by atoms with Gasteiger partial charge < -0.3 is 10.2 Å². The number of nitrogens with zero attached hydrogens (tertiary/aromatic N) is 1. The SMILES string of the molecule is CCC(CC)(C(=O)O)N1C(=O)c2ccccc2C1(O)c1ccccc1. The number of carboxylic acids is 1. The molecule has 2 N–H and O–H groups in total. The van der Waals surface area contributed by atoms with E-state index >= 15 is 0 Å². The maximum atomic E-state index is 13.2. The van der Waals surface area contributed by atoms with Crippen LogP contribution in [0.1, 0.15) is 48.2 Å². The third kappa shape index (κ3) is 2.19. The molecule has 1 unspecified atom stereocenters. The standard InChI is InChI=1S/C20H21NO4/c1-3-19(4-2,18(23)24)21-17(22)15-12-8-9-13-16(15)20(21,25)14-10-6-5-7-11-14/h5-13,25H,3-4H2,1-2H3,(H,23,24). The number of hydrogen-bond donors (Lipinski definition) is 2. The number of hydrogen-bond acceptors (Lipinski definition) is 3. The van der Waals surface area contributed by atoms with Gasteiger partial charge in [0, 0.05) is 16.7 Å². The zero-order valence-electron chi connectivity index (χ0n) is 14.3. The summed E-state index contributed by atoms with van der Waals surface area (Å²) in [4.78, 5) is 26.5. The Morgan fingerprint density at radius 1 is 1.04 bits per heavy atom. The number of aliphatic carboxylic acids is 1. The molecular formula is C20H21NO4. The zero-order valence-corrected chi connectivity index (χ0v) is 14.3. The molecule has 1 aliphatic heterocycles. The van der Waals surface area contributed by atoms with Crippen molar-refractivity contribution in [3.05, 3.63) is 71.3 Å². The van der Waals surface area contributed by atoms with Gasteiger partial charge in [0.1, 0.15) is 5.54 Å². The first-order chi connectivity index (χ1) is 11.9. The van der Waals surface area contributed by atoms with Crippen LogP contribution in [0.25, 0.3) is 0 Å². The van der Waals surface area contributed by atoms with Crippen molar-refractivity contribution in [1.29, 1.82) is 0 Å². The van der Waals surface area contributed by atoms with Crippen molar-refractivity contribution in [2.45, 2.75) is 38.0 Å². The van der Waals surface area contributed by atoms with E-state index in [4.69, 9.17) is 0 Å². The van der Waals surface area contributed by atoms with E-state index in [-0.39, 0.29) is 12.8 Å². The lowest BCUT2D eigenvalue weighted by Gasteiger charge is -2.45. The van der Waals surface area contributed by atoms with Gasteiger partial charge in [0.15, 0.2) is 5.72 Å². The molecule has 0 bridgehead atoms. The summed E-state index contributed by atoms with van der Waals surface area (Å²) in [5.74, 6) is -1.58. The molecule has 1 atom stereocenters. The molecule has 1 heterocycles. The Morgan fingerprint density at radius 3 is 2.16 bits per heavy atom. The second-order valence-electron chi connectivity index (χ2n) is 6.27. The highest BCUT2D eigenvalue weighted by Gasteiger charge is 2.59. The van der Waals surface area contributed by atoms with Crippen molar-refractivity contribution in [1.82, 2.24) is 4.90 Å². The van der Waals surface area contributed by atoms with Crippen molar-refractivity contribution < 1.29 is 19.8 Å². The van der Waals surface area contributed by atoms with E-state index in [1.807, 2.05) is 6.07 Å². The minimum Gasteiger partial charge on any atom is -0.479 e. The highest BCUT2D eigenvalue weighted by Crippen LogP contribution is 2.47. The van der Waals surface area contributed by atoms with Gasteiger partial charge in [-0.3, -0.25) is 9.69 Å². The molecule has 0 saturated carbocycles. The fraction of sp³-hybridized carbons (Fsp3) is 0.300. The molecule has 3 rings (SSSR count). The van der Waals surface area contributed by atoms with Gasteiger partial charge in [0.25, 0.3) is 5.91 Å². The molecule has 0 aliphatic carbocycles. The molecular weight excluding hydrogens is 318 g/mol. The summed E-state index contributed by atoms with van der Waals surface area (Å²) in [5.41, 5.74) is -2.10. The number of carboxylic acid groups (broad SMARTS) is 1. The molecule has 0 radical (unpaired) electrons. The van der Waals surface area contributed by atoms with Gasteiger partial charge in [-0.25, -0.2) is 4.79 Å². The molecule has 0 spiro atoms. The monoisotopic (exact) mass is 339 g/mol. The Labute approximate surface area is 146 Å². The van der Waals surface area contributed by atoms with Crippen molar-refractivity contribution in [3.63, 3.8) is 0 Å². The first kappa shape index (κ1) is 17.2. The van der Waals surface area contributed by atoms with Gasteiger partial charge in [-0.1, -0.05) is 62.4 Å². The van der Waals surface area contributed by atoms with Gasteiger partial charge in [-0.2, -0.15) is 0 Å². The van der Waals surface area contributed by atoms with Crippen LogP contribution in [-0.4, -0.2) is 32.5 Å². The van der Waals surface area contributed by atoms with E-state index in [0.717, 1.165) is 4.90 Å². The van der Waals surface area contributed by atoms with Crippen LogP contribution in [0.5, 0.6) is 0 Å². The lowest BCUT2D eigenvalue weighted by molar-refractivity contribution is -0.166. The second-order valence-corrected chi connectivity index (χ2v) is 6.27. The van der Waals surface area contributed by atoms with Gasteiger partial charge in [0.2, 0.25) is 0 Å². The van der Waals surface area contributed by atoms with Gasteiger partial charge in [0.05, 0.1) is 0 Å². The molecule has 0 saturated heterocycles. The molecule has 5 heteroatoms. The molecule has 130 valence electrons. The second kappa shape index (κ2) is 6.01. The molecule has 1 aliphatic rings. The van der Waals surface area contributed by atoms with Crippen LogP contribution in [-0.2, 0) is 10.5 Å². The third-order valence-corrected chi connectivity index (χ3v) is 5.23. The van der Waals surface area contributed by atoms with Crippen molar-refractivity contribution >= 4 is 11.9 Å². The molecule has 2 aromatic carbocycles. The number of benzene rings is 2. The van der Waals surface area contributed by atoms with Gasteiger partial charge >= 0.3 is 5.97 Å². The molecule has 0 aromatic heterocycles. The number of rotatable bonds is 5. The molecule has 25 heavy (non-hydrogen) atoms. The average molecular weight is 339 g/mol. The lowest BCUT2D eigenvalue weighted by atomic mass is 9.86. The summed E-state index contributed by atoms with van der Waals surface area (Å²) in [6.45, 7) is 3.44. The van der Waals surface area contributed by atoms with Crippen LogP contribution in [0.4, 0.5) is 0 Å². The van der Waals surface area contributed by atoms with Crippen molar-refractivity contribution in [2.24, 2.45) is 0 Å². The van der Waals surface area contributed by atoms with Crippen LogP contribution in [0.3, 0.4) is 0 Å². The van der Waals surface area contributed by atoms with Crippen LogP contribution in [0.15, 0.2) is 54.6 Å². The number of aliphatic hydroxyl groups is 1. The van der Waals surface area contributed by atoms with E-state index in [2.05, 4.69) is 0 Å². The Bertz CT molecular complexity index is 813. The highest BCUT2D eigenvalue weighted by atomic mass is 16.4. The predicted molar refractivity (Wildman–Crippen MR) is 93.0 cm³/mol. The van der Waals surface area contributed by atoms with Crippen LogP contribution < -0.4 is 0 Å². The normalized spacial score (nSPS) is 19.8. The molecule has 1 amide bonds. The predicted octanol–water partition coefficient (Wildman–Crippen LogP) is 2.98. The fourth-order valence-corrected chi connectivity index (χ4v) is 3.79. The maximum Gasteiger partial charge on any atom is 0.329 e. The fourth-order valence-electron chi connectivity index (χ4n) is 3.79. The third-order valence-electron chi connectivity index (χ3n) is 5.23. The summed E-state index contributed by atoms with van der Waals surface area (Å²) in [6.07, 6.45) is 0.376. The smallest absolute Gasteiger partial charge is 0.329 e. The first-order valence-electron chi connectivity index (χ1n) is 8.39. The highest BCUT2D eigenvalue weighted by molar-refractivity contribution is 6.03. The van der Waals surface area contributed by atoms with E-state index in [9.17, 15) is 19.8 Å². The number of fused-ring (bicyclic) bond motifs is 1. The summed E-state index contributed by atoms with van der Waals surface area (Å²) in [5, 5.41) is 21.7. The van der Waals surface area contributed by atoms with E-state index in [0.29, 0.717) is 16.7 Å². The lowest BCUT2D eigenvalue weighted by Crippen LogP contribution is -2.62. The van der Waals surface area contributed by atoms with E-state index < -0.39 is 23.1 Å². The summed E-state index contributed by atoms with van der Waals surface area (Å²) in [6, 6.07) is 15.5. The summed E-state index contributed by atoms with van der Waals surface area (Å²) in [7, 11) is 0. The summed E-state index contributed by atoms with van der Waals surface area (Å²) < 4.78 is 0. The van der Waals surface area contributed by atoms with Gasteiger partial charge in [-0.05, 0) is 18.9 Å². The molecule has 5 nitrogen and oxygen atoms in total. The Hall–Kier alpha value is -2.66. The number of amides is 1.